The number of nitrogens with one attached hydrogen (secondary N) is 1. The first kappa shape index (κ1) is 28.2. The van der Waals surface area contributed by atoms with E-state index in [1.165, 1.54) is 30.3 Å². The van der Waals surface area contributed by atoms with Gasteiger partial charge < -0.3 is 16.2 Å². The van der Waals surface area contributed by atoms with E-state index in [0.29, 0.717) is 11.4 Å². The van der Waals surface area contributed by atoms with Crippen molar-refractivity contribution in [3.63, 3.8) is 0 Å². The molecule has 6 N–H and O–H groups in total. The van der Waals surface area contributed by atoms with Gasteiger partial charge in [-0.05, 0) is 47.9 Å². The van der Waals surface area contributed by atoms with Gasteiger partial charge in [-0.3, -0.25) is 13.9 Å². The van der Waals surface area contributed by atoms with Crippen LogP contribution in [-0.2, 0) is 20.2 Å². The van der Waals surface area contributed by atoms with E-state index in [1.807, 2.05) is 18.2 Å². The maximum atomic E-state index is 11.8. The maximum absolute atomic E-state index is 11.8. The summed E-state index contributed by atoms with van der Waals surface area (Å²) in [5.74, 6) is -0.623. The first-order chi connectivity index (χ1) is 17.8. The number of nitrogens with zero attached hydrogens (tertiary/aromatic N) is 2. The third kappa shape index (κ3) is 6.68. The molecule has 0 radical (unpaired) electrons. The van der Waals surface area contributed by atoms with Gasteiger partial charge in [-0.2, -0.15) is 16.8 Å². The third-order valence-electron chi connectivity index (χ3n) is 5.07. The fourth-order valence-electron chi connectivity index (χ4n) is 3.27. The summed E-state index contributed by atoms with van der Waals surface area (Å²) in [6.07, 6.45) is 0.833. The molecule has 4 aromatic carbocycles. The number of benzene rings is 4. The molecule has 0 aliphatic heterocycles. The van der Waals surface area contributed by atoms with Gasteiger partial charge in [0.15, 0.2) is 5.75 Å². The van der Waals surface area contributed by atoms with Crippen LogP contribution in [0.1, 0.15) is 10.4 Å². The quantitative estimate of drug-likeness (QED) is 0.0962. The zero-order chi connectivity index (χ0) is 28.1. The van der Waals surface area contributed by atoms with Crippen LogP contribution in [0.15, 0.2) is 92.8 Å². The van der Waals surface area contributed by atoms with Crippen molar-refractivity contribution in [2.24, 2.45) is 10.2 Å². The fraction of sp³-hybridized carbons (Fsp3) is 0.0417. The molecule has 0 atom stereocenters. The molecule has 38 heavy (non-hydrogen) atoms. The average Bonchev–Trinajstić information content (AvgIpc) is 2.87. The van der Waals surface area contributed by atoms with Crippen LogP contribution in [0.2, 0.25) is 0 Å². The van der Waals surface area contributed by atoms with Crippen molar-refractivity contribution in [2.75, 3.05) is 18.1 Å². The summed E-state index contributed by atoms with van der Waals surface area (Å²) in [7, 11) is -7.97. The molecule has 0 aliphatic carbocycles. The molecule has 14 heteroatoms. The predicted octanol–water partition coefficient (Wildman–Crippen LogP) is 4.58. The first-order valence-electron chi connectivity index (χ1n) is 10.6. The number of phenolic OH excluding ortho intramolecular Hbond substituents is 1. The first-order valence-corrected chi connectivity index (χ1v) is 13.5. The second-order valence-electron chi connectivity index (χ2n) is 7.66. The van der Waals surface area contributed by atoms with E-state index in [2.05, 4.69) is 15.5 Å². The Morgan fingerprint density at radius 3 is 2.05 bits per heavy atom. The highest BCUT2D eigenvalue weighted by Gasteiger charge is 2.23. The van der Waals surface area contributed by atoms with Crippen LogP contribution >= 0.6 is 0 Å². The Balaban J connectivity index is 0.000000427. The van der Waals surface area contributed by atoms with Gasteiger partial charge in [0.05, 0.1) is 0 Å². The molecule has 198 valence electrons. The van der Waals surface area contributed by atoms with Crippen LogP contribution < -0.4 is 11.1 Å². The number of carbonyl (C=O) groups excluding carboxylic acids is 1. The molecule has 0 spiro atoms. The molecule has 0 saturated carbocycles. The second-order valence-corrected chi connectivity index (χ2v) is 10.4. The van der Waals surface area contributed by atoms with Crippen molar-refractivity contribution in [2.45, 2.75) is 9.79 Å². The second kappa shape index (κ2) is 11.4. The SMILES string of the molecule is CNc1ccc(S(=O)(=O)O)c(N=Nc2c(S(=O)(=O)O)cc3cc(N)ccc3c2O)c1.O=Cc1ccccc1. The minimum absolute atomic E-state index is 0.171. The largest absolute Gasteiger partial charge is 0.505 e. The molecule has 0 aromatic heterocycles. The molecule has 0 amide bonds. The monoisotopic (exact) mass is 558 g/mol. The van der Waals surface area contributed by atoms with Gasteiger partial charge in [-0.25, -0.2) is 0 Å². The molecule has 0 heterocycles. The zero-order valence-electron chi connectivity index (χ0n) is 19.7. The minimum Gasteiger partial charge on any atom is -0.505 e. The number of fused-ring (bicyclic) bond motifs is 1. The third-order valence-corrected chi connectivity index (χ3v) is 6.84. The van der Waals surface area contributed by atoms with E-state index in [4.69, 9.17) is 5.73 Å². The van der Waals surface area contributed by atoms with Gasteiger partial charge in [0.25, 0.3) is 20.2 Å². The average molecular weight is 559 g/mol. The van der Waals surface area contributed by atoms with Crippen molar-refractivity contribution in [3.8, 4) is 5.75 Å². The van der Waals surface area contributed by atoms with E-state index in [0.717, 1.165) is 24.0 Å². The lowest BCUT2D eigenvalue weighted by molar-refractivity contribution is 0.112. The molecular formula is C24H22N4O8S2. The molecule has 0 bridgehead atoms. The molecule has 0 aliphatic rings. The minimum atomic E-state index is -4.85. The predicted molar refractivity (Wildman–Crippen MR) is 142 cm³/mol. The van der Waals surface area contributed by atoms with Gasteiger partial charge in [0, 0.05) is 29.4 Å². The molecule has 0 fully saturated rings. The number of hydrogen-bond acceptors (Lipinski definition) is 10. The summed E-state index contributed by atoms with van der Waals surface area (Å²) in [6, 6.07) is 18.1. The molecule has 12 nitrogen and oxygen atoms in total. The number of carbonyl (C=O) groups is 1. The number of hydrogen-bond donors (Lipinski definition) is 5. The Bertz CT molecular complexity index is 1740. The van der Waals surface area contributed by atoms with Crippen LogP contribution in [0.25, 0.3) is 10.8 Å². The summed E-state index contributed by atoms with van der Waals surface area (Å²) in [4.78, 5) is 8.65. The summed E-state index contributed by atoms with van der Waals surface area (Å²) in [5.41, 5.74) is 6.16. The standard InChI is InChI=1S/C17H16N4O7S2.C7H6O/c1-19-11-3-5-14(29(23,24)25)13(8-11)20-21-16-15(30(26,27)28)7-9-6-10(18)2-4-12(9)17(16)22;8-6-7-4-2-1-3-5-7/h2-8,19,22H,18H2,1H3,(H,23,24,25)(H,26,27,28);1-6H. The van der Waals surface area contributed by atoms with Crippen LogP contribution in [0, 0.1) is 0 Å². The zero-order valence-corrected chi connectivity index (χ0v) is 21.3. The van der Waals surface area contributed by atoms with Gasteiger partial charge in [0.2, 0.25) is 0 Å². The van der Waals surface area contributed by atoms with E-state index >= 15 is 0 Å². The lowest BCUT2D eigenvalue weighted by Crippen LogP contribution is -2.00. The van der Waals surface area contributed by atoms with Crippen molar-refractivity contribution < 1.29 is 35.8 Å². The topological polar surface area (TPSA) is 209 Å². The summed E-state index contributed by atoms with van der Waals surface area (Å²) in [6.45, 7) is 0. The van der Waals surface area contributed by atoms with E-state index in [-0.39, 0.29) is 16.5 Å². The normalized spacial score (nSPS) is 11.7. The number of phenols is 1. The van der Waals surface area contributed by atoms with Crippen LogP contribution in [0.3, 0.4) is 0 Å². The number of aromatic hydroxyl groups is 1. The van der Waals surface area contributed by atoms with Gasteiger partial charge in [-0.15, -0.1) is 10.2 Å². The highest BCUT2D eigenvalue weighted by Crippen LogP contribution is 2.42. The number of nitrogen functional groups attached to an aromatic ring is 1. The Labute approximate surface area is 218 Å². The number of aldehydes is 1. The number of azo groups is 1. The molecule has 4 rings (SSSR count). The van der Waals surface area contributed by atoms with Crippen LogP contribution in [0.5, 0.6) is 5.75 Å². The summed E-state index contributed by atoms with van der Waals surface area (Å²) < 4.78 is 65.8. The van der Waals surface area contributed by atoms with Crippen molar-refractivity contribution >= 4 is 60.0 Å². The highest BCUT2D eigenvalue weighted by molar-refractivity contribution is 7.86. The Hall–Kier alpha value is -4.37. The molecule has 4 aromatic rings. The number of nitrogens with two attached hydrogens (primary N) is 1. The summed E-state index contributed by atoms with van der Waals surface area (Å²) in [5, 5.41) is 21.0. The Kier molecular flexibility index (Phi) is 8.42. The van der Waals surface area contributed by atoms with Crippen molar-refractivity contribution in [1.29, 1.82) is 0 Å². The molecular weight excluding hydrogens is 536 g/mol. The van der Waals surface area contributed by atoms with E-state index in [9.17, 15) is 35.8 Å². The van der Waals surface area contributed by atoms with Gasteiger partial charge in [0.1, 0.15) is 27.5 Å². The summed E-state index contributed by atoms with van der Waals surface area (Å²) >= 11 is 0. The highest BCUT2D eigenvalue weighted by atomic mass is 32.2. The van der Waals surface area contributed by atoms with Crippen LogP contribution in [0.4, 0.5) is 22.7 Å². The van der Waals surface area contributed by atoms with Gasteiger partial charge in [-0.1, -0.05) is 30.3 Å². The van der Waals surface area contributed by atoms with Gasteiger partial charge >= 0.3 is 0 Å². The number of rotatable bonds is 6. The van der Waals surface area contributed by atoms with E-state index in [1.54, 1.807) is 19.2 Å². The Morgan fingerprint density at radius 2 is 1.50 bits per heavy atom. The lowest BCUT2D eigenvalue weighted by atomic mass is 10.1. The van der Waals surface area contributed by atoms with Crippen LogP contribution in [-0.4, -0.2) is 44.4 Å². The lowest BCUT2D eigenvalue weighted by Gasteiger charge is -2.10. The van der Waals surface area contributed by atoms with Crippen molar-refractivity contribution in [3.05, 3.63) is 78.4 Å². The van der Waals surface area contributed by atoms with E-state index < -0.39 is 41.5 Å². The fourth-order valence-corrected chi connectivity index (χ4v) is 4.53. The molecule has 0 unspecified atom stereocenters. The molecule has 0 saturated heterocycles. The Morgan fingerprint density at radius 1 is 0.842 bits per heavy atom. The maximum Gasteiger partial charge on any atom is 0.296 e. The number of anilines is 2. The smallest absolute Gasteiger partial charge is 0.296 e. The van der Waals surface area contributed by atoms with Crippen molar-refractivity contribution in [1.82, 2.24) is 0 Å².